The Morgan fingerprint density at radius 2 is 2.13 bits per heavy atom. The lowest BCUT2D eigenvalue weighted by atomic mass is 9.94. The van der Waals surface area contributed by atoms with Gasteiger partial charge in [0.05, 0.1) is 12.0 Å². The largest absolute Gasteiger partial charge is 0.481 e. The quantitative estimate of drug-likeness (QED) is 0.916. The molecule has 0 radical (unpaired) electrons. The Hall–Kier alpha value is -1.72. The van der Waals surface area contributed by atoms with Crippen molar-refractivity contribution in [2.24, 2.45) is 5.92 Å². The fraction of sp³-hybridized carbons (Fsp3) is 0.389. The van der Waals surface area contributed by atoms with Gasteiger partial charge in [-0.15, -0.1) is 11.3 Å². The molecule has 1 saturated heterocycles. The van der Waals surface area contributed by atoms with Gasteiger partial charge in [-0.3, -0.25) is 9.69 Å². The maximum atomic E-state index is 13.3. The number of hydrogen-bond donors (Lipinski definition) is 1. The van der Waals surface area contributed by atoms with E-state index in [4.69, 9.17) is 0 Å². The predicted molar refractivity (Wildman–Crippen MR) is 89.2 cm³/mol. The zero-order valence-electron chi connectivity index (χ0n) is 13.0. The summed E-state index contributed by atoms with van der Waals surface area (Å²) in [5, 5.41) is 11.4. The second kappa shape index (κ2) is 6.81. The van der Waals surface area contributed by atoms with Crippen LogP contribution in [0.3, 0.4) is 0 Å². The molecule has 0 spiro atoms. The highest BCUT2D eigenvalue weighted by molar-refractivity contribution is 7.10. The van der Waals surface area contributed by atoms with E-state index in [1.165, 1.54) is 22.6 Å². The third kappa shape index (κ3) is 3.62. The molecule has 0 amide bonds. The minimum Gasteiger partial charge on any atom is -0.481 e. The number of halogens is 1. The first-order chi connectivity index (χ1) is 11.0. The standard InChI is InChI=1S/C18H20FNO2S/c1-12-9-16(23-11-12)17(13-4-6-15(19)7-5-13)20-8-2-3-14(10-20)18(21)22/h4-7,9,11,14,17H,2-3,8,10H2,1H3,(H,21,22). The molecule has 1 aliphatic heterocycles. The molecule has 2 heterocycles. The van der Waals surface area contributed by atoms with Gasteiger partial charge in [0.2, 0.25) is 0 Å². The number of likely N-dealkylation sites (tertiary alicyclic amines) is 1. The third-order valence-corrected chi connectivity index (χ3v) is 5.48. The van der Waals surface area contributed by atoms with E-state index in [0.29, 0.717) is 6.54 Å². The molecule has 1 aliphatic rings. The van der Waals surface area contributed by atoms with Crippen LogP contribution in [0.5, 0.6) is 0 Å². The van der Waals surface area contributed by atoms with E-state index in [0.717, 1.165) is 24.9 Å². The molecule has 2 aromatic rings. The third-order valence-electron chi connectivity index (χ3n) is 4.37. The number of benzene rings is 1. The predicted octanol–water partition coefficient (Wildman–Crippen LogP) is 4.08. The number of carbonyl (C=O) groups is 1. The van der Waals surface area contributed by atoms with E-state index in [1.54, 1.807) is 23.5 Å². The molecule has 0 aliphatic carbocycles. The van der Waals surface area contributed by atoms with Crippen LogP contribution in [0.2, 0.25) is 0 Å². The lowest BCUT2D eigenvalue weighted by molar-refractivity contribution is -0.143. The molecular formula is C18H20FNO2S. The molecule has 1 N–H and O–H groups in total. The second-order valence-electron chi connectivity index (χ2n) is 6.15. The van der Waals surface area contributed by atoms with E-state index < -0.39 is 5.97 Å². The van der Waals surface area contributed by atoms with Gasteiger partial charge in [-0.25, -0.2) is 4.39 Å². The number of rotatable bonds is 4. The Morgan fingerprint density at radius 1 is 1.39 bits per heavy atom. The zero-order valence-corrected chi connectivity index (χ0v) is 13.9. The lowest BCUT2D eigenvalue weighted by Crippen LogP contribution is -2.41. The topological polar surface area (TPSA) is 40.5 Å². The Morgan fingerprint density at radius 3 is 2.74 bits per heavy atom. The normalized spacial score (nSPS) is 20.3. The maximum Gasteiger partial charge on any atom is 0.307 e. The van der Waals surface area contributed by atoms with Gasteiger partial charge < -0.3 is 5.11 Å². The van der Waals surface area contributed by atoms with Crippen molar-refractivity contribution < 1.29 is 14.3 Å². The number of carboxylic acids is 1. The van der Waals surface area contributed by atoms with Crippen LogP contribution in [0, 0.1) is 18.7 Å². The number of nitrogens with zero attached hydrogens (tertiary/aromatic N) is 1. The summed E-state index contributed by atoms with van der Waals surface area (Å²) in [7, 11) is 0. The van der Waals surface area contributed by atoms with Crippen molar-refractivity contribution >= 4 is 17.3 Å². The summed E-state index contributed by atoms with van der Waals surface area (Å²) < 4.78 is 13.3. The maximum absolute atomic E-state index is 13.3. The van der Waals surface area contributed by atoms with Gasteiger partial charge >= 0.3 is 5.97 Å². The number of hydrogen-bond acceptors (Lipinski definition) is 3. The minimum atomic E-state index is -0.727. The van der Waals surface area contributed by atoms with Crippen molar-refractivity contribution in [1.82, 2.24) is 4.90 Å². The van der Waals surface area contributed by atoms with Crippen LogP contribution in [0.4, 0.5) is 4.39 Å². The van der Waals surface area contributed by atoms with Gasteiger partial charge in [0.15, 0.2) is 0 Å². The molecule has 0 bridgehead atoms. The molecule has 1 fully saturated rings. The highest BCUT2D eigenvalue weighted by atomic mass is 32.1. The highest BCUT2D eigenvalue weighted by Crippen LogP contribution is 2.35. The summed E-state index contributed by atoms with van der Waals surface area (Å²) in [6, 6.07) is 8.70. The average molecular weight is 333 g/mol. The van der Waals surface area contributed by atoms with Crippen molar-refractivity contribution in [2.75, 3.05) is 13.1 Å². The first kappa shape index (κ1) is 16.1. The summed E-state index contributed by atoms with van der Waals surface area (Å²) in [6.45, 7) is 3.45. The summed E-state index contributed by atoms with van der Waals surface area (Å²) >= 11 is 1.68. The summed E-state index contributed by atoms with van der Waals surface area (Å²) in [5.74, 6) is -1.31. The Kier molecular flexibility index (Phi) is 4.78. The molecule has 122 valence electrons. The second-order valence-corrected chi connectivity index (χ2v) is 7.10. The Balaban J connectivity index is 1.94. The van der Waals surface area contributed by atoms with E-state index in [1.807, 2.05) is 0 Å². The molecular weight excluding hydrogens is 313 g/mol. The molecule has 5 heteroatoms. The lowest BCUT2D eigenvalue weighted by Gasteiger charge is -2.37. The number of piperidine rings is 1. The van der Waals surface area contributed by atoms with Gasteiger partial charge in [-0.05, 0) is 61.0 Å². The molecule has 2 unspecified atom stereocenters. The SMILES string of the molecule is Cc1csc(C(c2ccc(F)cc2)N2CCCC(C(=O)O)C2)c1. The Labute approximate surface area is 139 Å². The molecule has 1 aromatic heterocycles. The minimum absolute atomic E-state index is 0.00329. The number of aliphatic carboxylic acids is 1. The monoisotopic (exact) mass is 333 g/mol. The van der Waals surface area contributed by atoms with Crippen LogP contribution >= 0.6 is 11.3 Å². The summed E-state index contributed by atoms with van der Waals surface area (Å²) in [4.78, 5) is 14.8. The fourth-order valence-electron chi connectivity index (χ4n) is 3.24. The highest BCUT2D eigenvalue weighted by Gasteiger charge is 2.31. The first-order valence-electron chi connectivity index (χ1n) is 7.82. The Bertz CT molecular complexity index is 683. The van der Waals surface area contributed by atoms with E-state index in [9.17, 15) is 14.3 Å². The van der Waals surface area contributed by atoms with Crippen molar-refractivity contribution in [2.45, 2.75) is 25.8 Å². The molecule has 3 rings (SSSR count). The number of aryl methyl sites for hydroxylation is 1. The number of carboxylic acid groups (broad SMARTS) is 1. The smallest absolute Gasteiger partial charge is 0.307 e. The molecule has 23 heavy (non-hydrogen) atoms. The van der Waals surface area contributed by atoms with Crippen LogP contribution in [0.25, 0.3) is 0 Å². The van der Waals surface area contributed by atoms with E-state index in [-0.39, 0.29) is 17.8 Å². The number of thiophene rings is 1. The van der Waals surface area contributed by atoms with Gasteiger partial charge in [-0.2, -0.15) is 0 Å². The van der Waals surface area contributed by atoms with Gasteiger partial charge in [0.1, 0.15) is 5.82 Å². The molecule has 2 atom stereocenters. The van der Waals surface area contributed by atoms with Crippen LogP contribution in [-0.4, -0.2) is 29.1 Å². The van der Waals surface area contributed by atoms with Crippen LogP contribution in [0.15, 0.2) is 35.7 Å². The molecule has 3 nitrogen and oxygen atoms in total. The summed E-state index contributed by atoms with van der Waals surface area (Å²) in [5.41, 5.74) is 2.21. The van der Waals surface area contributed by atoms with Gasteiger partial charge in [0.25, 0.3) is 0 Å². The first-order valence-corrected chi connectivity index (χ1v) is 8.70. The van der Waals surface area contributed by atoms with Crippen molar-refractivity contribution in [3.05, 3.63) is 57.5 Å². The van der Waals surface area contributed by atoms with E-state index >= 15 is 0 Å². The fourth-order valence-corrected chi connectivity index (χ4v) is 4.30. The van der Waals surface area contributed by atoms with Gasteiger partial charge in [0, 0.05) is 11.4 Å². The van der Waals surface area contributed by atoms with Crippen LogP contribution in [-0.2, 0) is 4.79 Å². The van der Waals surface area contributed by atoms with Crippen molar-refractivity contribution in [3.8, 4) is 0 Å². The average Bonchev–Trinajstić information content (AvgIpc) is 2.96. The van der Waals surface area contributed by atoms with E-state index in [2.05, 4.69) is 23.3 Å². The van der Waals surface area contributed by atoms with Crippen molar-refractivity contribution in [1.29, 1.82) is 0 Å². The van der Waals surface area contributed by atoms with Crippen molar-refractivity contribution in [3.63, 3.8) is 0 Å². The summed E-state index contributed by atoms with van der Waals surface area (Å²) in [6.07, 6.45) is 1.60. The van der Waals surface area contributed by atoms with Crippen LogP contribution in [0.1, 0.15) is 34.9 Å². The molecule has 1 aromatic carbocycles. The molecule has 0 saturated carbocycles. The van der Waals surface area contributed by atoms with Crippen LogP contribution < -0.4 is 0 Å². The zero-order chi connectivity index (χ0) is 16.4. The van der Waals surface area contributed by atoms with Gasteiger partial charge in [-0.1, -0.05) is 12.1 Å².